The van der Waals surface area contributed by atoms with E-state index in [1.165, 1.54) is 11.1 Å². The van der Waals surface area contributed by atoms with E-state index in [0.717, 1.165) is 46.4 Å². The number of rotatable bonds is 4. The average Bonchev–Trinajstić information content (AvgIpc) is 2.73. The molecule has 0 radical (unpaired) electrons. The number of fused-ring (bicyclic) bond motifs is 1. The molecule has 0 saturated carbocycles. The zero-order chi connectivity index (χ0) is 18.6. The van der Waals surface area contributed by atoms with Crippen LogP contribution < -0.4 is 4.74 Å². The van der Waals surface area contributed by atoms with Gasteiger partial charge in [-0.2, -0.15) is 0 Å². The van der Waals surface area contributed by atoms with Gasteiger partial charge in [-0.3, -0.25) is 0 Å². The van der Waals surface area contributed by atoms with Gasteiger partial charge in [0.15, 0.2) is 0 Å². The summed E-state index contributed by atoms with van der Waals surface area (Å²) in [5, 5.41) is 0.723. The van der Waals surface area contributed by atoms with Crippen LogP contribution in [-0.2, 0) is 19.6 Å². The Morgan fingerprint density at radius 3 is 2.41 bits per heavy atom. The Morgan fingerprint density at radius 2 is 1.63 bits per heavy atom. The van der Waals surface area contributed by atoms with Crippen molar-refractivity contribution in [2.24, 2.45) is 0 Å². The minimum Gasteiger partial charge on any atom is -0.489 e. The Balaban J connectivity index is 1.40. The van der Waals surface area contributed by atoms with Crippen LogP contribution >= 0.6 is 23.8 Å². The lowest BCUT2D eigenvalue weighted by Gasteiger charge is -2.31. The van der Waals surface area contributed by atoms with Crippen molar-refractivity contribution in [1.82, 2.24) is 4.90 Å². The van der Waals surface area contributed by atoms with Gasteiger partial charge in [0.05, 0.1) is 0 Å². The lowest BCUT2D eigenvalue weighted by Crippen LogP contribution is -2.35. The molecule has 4 rings (SSSR count). The van der Waals surface area contributed by atoms with Crippen molar-refractivity contribution in [3.05, 3.63) is 100 Å². The van der Waals surface area contributed by atoms with Crippen molar-refractivity contribution in [2.45, 2.75) is 19.6 Å². The fraction of sp³-hybridized carbons (Fsp3) is 0.174. The first kappa shape index (κ1) is 18.0. The molecule has 0 spiro atoms. The van der Waals surface area contributed by atoms with Gasteiger partial charge in [-0.1, -0.05) is 66.3 Å². The van der Waals surface area contributed by atoms with E-state index in [1.54, 1.807) is 0 Å². The lowest BCUT2D eigenvalue weighted by atomic mass is 9.99. The molecular weight excluding hydrogens is 374 g/mol. The number of hydrogen-bond donors (Lipinski definition) is 0. The van der Waals surface area contributed by atoms with Crippen molar-refractivity contribution < 1.29 is 4.74 Å². The molecule has 3 aromatic rings. The van der Waals surface area contributed by atoms with Gasteiger partial charge in [0.25, 0.3) is 0 Å². The molecule has 0 bridgehead atoms. The smallest absolute Gasteiger partial charge is 0.119 e. The molecule has 0 aliphatic carbocycles. The van der Waals surface area contributed by atoms with Gasteiger partial charge in [-0.25, -0.2) is 0 Å². The zero-order valence-corrected chi connectivity index (χ0v) is 16.5. The van der Waals surface area contributed by atoms with Crippen molar-refractivity contribution >= 4 is 28.8 Å². The van der Waals surface area contributed by atoms with E-state index >= 15 is 0 Å². The summed E-state index contributed by atoms with van der Waals surface area (Å²) in [4.78, 5) is 3.17. The average molecular weight is 394 g/mol. The first-order valence-electron chi connectivity index (χ1n) is 9.03. The van der Waals surface area contributed by atoms with E-state index in [9.17, 15) is 0 Å². The van der Waals surface area contributed by atoms with E-state index in [2.05, 4.69) is 29.2 Å². The zero-order valence-electron chi connectivity index (χ0n) is 14.9. The lowest BCUT2D eigenvalue weighted by molar-refractivity contribution is 0.306. The van der Waals surface area contributed by atoms with E-state index < -0.39 is 0 Å². The van der Waals surface area contributed by atoms with Crippen LogP contribution in [-0.4, -0.2) is 16.4 Å². The fourth-order valence-corrected chi connectivity index (χ4v) is 3.80. The maximum atomic E-state index is 6.18. The third-order valence-electron chi connectivity index (χ3n) is 4.87. The summed E-state index contributed by atoms with van der Waals surface area (Å²) >= 11 is 11.9. The molecule has 0 aromatic heterocycles. The van der Waals surface area contributed by atoms with Crippen LogP contribution in [0, 0.1) is 0 Å². The second kappa shape index (κ2) is 8.12. The standard InChI is InChI=1S/C23H20ClNOS/c24-22-8-4-3-7-20(22)16-26-21-11-9-18(10-12-21)23(27)25-14-13-17-5-1-2-6-19(17)15-25/h1-12H,13-16H2. The minimum absolute atomic E-state index is 0.451. The fourth-order valence-electron chi connectivity index (χ4n) is 3.32. The molecule has 0 saturated heterocycles. The Kier molecular flexibility index (Phi) is 5.42. The highest BCUT2D eigenvalue weighted by Crippen LogP contribution is 2.23. The van der Waals surface area contributed by atoms with Crippen molar-refractivity contribution in [2.75, 3.05) is 6.54 Å². The number of nitrogens with zero attached hydrogens (tertiary/aromatic N) is 1. The van der Waals surface area contributed by atoms with Crippen LogP contribution in [0.4, 0.5) is 0 Å². The van der Waals surface area contributed by atoms with E-state index in [0.29, 0.717) is 6.61 Å². The SMILES string of the molecule is S=C(c1ccc(OCc2ccccc2Cl)cc1)N1CCc2ccccc2C1. The Morgan fingerprint density at radius 1 is 0.926 bits per heavy atom. The summed E-state index contributed by atoms with van der Waals surface area (Å²) < 4.78 is 5.86. The van der Waals surface area contributed by atoms with Crippen LogP contribution in [0.5, 0.6) is 5.75 Å². The number of hydrogen-bond acceptors (Lipinski definition) is 2. The predicted molar refractivity (Wildman–Crippen MR) is 114 cm³/mol. The summed E-state index contributed by atoms with van der Waals surface area (Å²) in [6, 6.07) is 24.3. The molecule has 27 heavy (non-hydrogen) atoms. The molecule has 136 valence electrons. The topological polar surface area (TPSA) is 12.5 Å². The monoisotopic (exact) mass is 393 g/mol. The van der Waals surface area contributed by atoms with Crippen molar-refractivity contribution in [1.29, 1.82) is 0 Å². The van der Waals surface area contributed by atoms with Crippen molar-refractivity contribution in [3.63, 3.8) is 0 Å². The highest BCUT2D eigenvalue weighted by Gasteiger charge is 2.18. The molecule has 1 aliphatic heterocycles. The third-order valence-corrected chi connectivity index (χ3v) is 5.73. The first-order chi connectivity index (χ1) is 13.2. The van der Waals surface area contributed by atoms with Crippen LogP contribution in [0.2, 0.25) is 5.02 Å². The van der Waals surface area contributed by atoms with E-state index in [4.69, 9.17) is 28.6 Å². The van der Waals surface area contributed by atoms with Crippen LogP contribution in [0.1, 0.15) is 22.3 Å². The quantitative estimate of drug-likeness (QED) is 0.531. The summed E-state index contributed by atoms with van der Waals surface area (Å²) in [5.74, 6) is 0.811. The minimum atomic E-state index is 0.451. The predicted octanol–water partition coefficient (Wildman–Crippen LogP) is 5.65. The van der Waals surface area contributed by atoms with Gasteiger partial charge in [0.1, 0.15) is 17.3 Å². The molecule has 4 heteroatoms. The second-order valence-electron chi connectivity index (χ2n) is 6.65. The summed E-state index contributed by atoms with van der Waals surface area (Å²) in [6.45, 7) is 2.28. The molecular formula is C23H20ClNOS. The van der Waals surface area contributed by atoms with Crippen LogP contribution in [0.15, 0.2) is 72.8 Å². The molecule has 3 aromatic carbocycles. The van der Waals surface area contributed by atoms with Crippen LogP contribution in [0.3, 0.4) is 0 Å². The highest BCUT2D eigenvalue weighted by atomic mass is 35.5. The molecule has 0 unspecified atom stereocenters. The molecule has 1 heterocycles. The van der Waals surface area contributed by atoms with Gasteiger partial charge >= 0.3 is 0 Å². The maximum Gasteiger partial charge on any atom is 0.119 e. The number of benzene rings is 3. The highest BCUT2D eigenvalue weighted by molar-refractivity contribution is 7.80. The molecule has 2 nitrogen and oxygen atoms in total. The normalized spacial score (nSPS) is 13.1. The molecule has 0 N–H and O–H groups in total. The number of thiocarbonyl (C=S) groups is 1. The van der Waals surface area contributed by atoms with E-state index in [1.807, 2.05) is 48.5 Å². The van der Waals surface area contributed by atoms with Gasteiger partial charge < -0.3 is 9.64 Å². The summed E-state index contributed by atoms with van der Waals surface area (Å²) in [6.07, 6.45) is 1.04. The number of ether oxygens (including phenoxy) is 1. The summed E-state index contributed by atoms with van der Waals surface area (Å²) in [5.41, 5.74) is 4.82. The van der Waals surface area contributed by atoms with Gasteiger partial charge in [0, 0.05) is 29.2 Å². The first-order valence-corrected chi connectivity index (χ1v) is 9.81. The second-order valence-corrected chi connectivity index (χ2v) is 7.44. The van der Waals surface area contributed by atoms with Gasteiger partial charge in [-0.05, 0) is 47.9 Å². The molecule has 1 aliphatic rings. The Hall–Kier alpha value is -2.36. The molecule has 0 amide bonds. The van der Waals surface area contributed by atoms with Crippen LogP contribution in [0.25, 0.3) is 0 Å². The molecule has 0 fully saturated rings. The number of halogens is 1. The Labute approximate surface area is 170 Å². The van der Waals surface area contributed by atoms with E-state index in [-0.39, 0.29) is 0 Å². The summed E-state index contributed by atoms with van der Waals surface area (Å²) in [7, 11) is 0. The molecule has 0 atom stereocenters. The van der Waals surface area contributed by atoms with Gasteiger partial charge in [-0.15, -0.1) is 0 Å². The largest absolute Gasteiger partial charge is 0.489 e. The van der Waals surface area contributed by atoms with Crippen molar-refractivity contribution in [3.8, 4) is 5.75 Å². The Bertz CT molecular complexity index is 955. The maximum absolute atomic E-state index is 6.18. The van der Waals surface area contributed by atoms with Gasteiger partial charge in [0.2, 0.25) is 0 Å². The third kappa shape index (κ3) is 4.15.